The molecular formula is C38H47N7O5S. The molecule has 3 heterocycles. The molecule has 0 radical (unpaired) electrons. The normalized spacial score (nSPS) is 16.4. The number of nitrogens with one attached hydrogen (secondary N) is 2. The lowest BCUT2D eigenvalue weighted by atomic mass is 9.82. The summed E-state index contributed by atoms with van der Waals surface area (Å²) < 4.78 is 35.5. The summed E-state index contributed by atoms with van der Waals surface area (Å²) in [7, 11) is -4.23. The molecule has 2 aromatic carbocycles. The van der Waals surface area contributed by atoms with Crippen LogP contribution in [-0.4, -0.2) is 65.2 Å². The van der Waals surface area contributed by atoms with Crippen LogP contribution in [0.2, 0.25) is 0 Å². The van der Waals surface area contributed by atoms with E-state index < -0.39 is 16.0 Å². The predicted octanol–water partition coefficient (Wildman–Crippen LogP) is 6.40. The monoisotopic (exact) mass is 713 g/mol. The van der Waals surface area contributed by atoms with Crippen molar-refractivity contribution in [3.63, 3.8) is 0 Å². The number of rotatable bonds is 15. The Morgan fingerprint density at radius 2 is 1.71 bits per heavy atom. The molecule has 6 rings (SSSR count). The lowest BCUT2D eigenvalue weighted by Gasteiger charge is -2.37. The summed E-state index contributed by atoms with van der Waals surface area (Å²) >= 11 is 0. The van der Waals surface area contributed by atoms with Crippen LogP contribution in [0.5, 0.6) is 5.88 Å². The summed E-state index contributed by atoms with van der Waals surface area (Å²) in [5.74, 6) is 0.235. The quantitative estimate of drug-likeness (QED) is 0.125. The van der Waals surface area contributed by atoms with Gasteiger partial charge in [-0.25, -0.2) is 32.9 Å². The van der Waals surface area contributed by atoms with Gasteiger partial charge >= 0.3 is 5.97 Å². The predicted molar refractivity (Wildman–Crippen MR) is 196 cm³/mol. The Kier molecular flexibility index (Phi) is 10.9. The first-order valence-electron chi connectivity index (χ1n) is 17.6. The Bertz CT molecular complexity index is 1940. The molecule has 12 nitrogen and oxygen atoms in total. The van der Waals surface area contributed by atoms with E-state index in [1.807, 2.05) is 44.4 Å². The molecule has 2 aromatic heterocycles. The molecule has 270 valence electrons. The number of carboxylic acids is 1. The third kappa shape index (κ3) is 9.59. The van der Waals surface area contributed by atoms with Crippen molar-refractivity contribution in [2.45, 2.75) is 83.7 Å². The number of aromatic nitrogens is 4. The maximum absolute atomic E-state index is 13.4. The molecule has 2 aliphatic rings. The number of ether oxygens (including phenoxy) is 1. The van der Waals surface area contributed by atoms with Gasteiger partial charge in [0.15, 0.2) is 0 Å². The first kappa shape index (κ1) is 36.2. The first-order valence-corrected chi connectivity index (χ1v) is 19.1. The van der Waals surface area contributed by atoms with Crippen molar-refractivity contribution < 1.29 is 23.1 Å². The van der Waals surface area contributed by atoms with Crippen LogP contribution in [0.1, 0.15) is 79.7 Å². The van der Waals surface area contributed by atoms with E-state index in [0.29, 0.717) is 23.5 Å². The van der Waals surface area contributed by atoms with Gasteiger partial charge < -0.3 is 20.1 Å². The second kappa shape index (κ2) is 15.3. The van der Waals surface area contributed by atoms with E-state index in [0.717, 1.165) is 73.1 Å². The van der Waals surface area contributed by atoms with E-state index in [1.165, 1.54) is 31.0 Å². The topological polar surface area (TPSA) is 160 Å². The molecule has 1 aliphatic carbocycles. The molecular weight excluding hydrogens is 667 g/mol. The van der Waals surface area contributed by atoms with Gasteiger partial charge in [0.05, 0.1) is 40.8 Å². The highest BCUT2D eigenvalue weighted by Crippen LogP contribution is 2.35. The van der Waals surface area contributed by atoms with Crippen LogP contribution in [0.25, 0.3) is 11.3 Å². The van der Waals surface area contributed by atoms with Gasteiger partial charge in [-0.1, -0.05) is 51.0 Å². The number of hydrogen-bond acceptors (Lipinski definition) is 10. The fourth-order valence-corrected chi connectivity index (χ4v) is 7.34. The number of sulfonamides is 1. The van der Waals surface area contributed by atoms with E-state index in [4.69, 9.17) is 4.74 Å². The summed E-state index contributed by atoms with van der Waals surface area (Å²) in [6.07, 6.45) is 10.6. The number of aromatic carboxylic acids is 1. The van der Waals surface area contributed by atoms with Crippen LogP contribution in [-0.2, 0) is 16.6 Å². The number of nitrogens with zero attached hydrogens (tertiary/aromatic N) is 5. The van der Waals surface area contributed by atoms with Crippen LogP contribution in [0.3, 0.4) is 0 Å². The van der Waals surface area contributed by atoms with Crippen LogP contribution in [0.4, 0.5) is 11.6 Å². The SMILES string of the molecule is Cc1cccc(C)c1-c1cc(OCC(CCC2CC2)NCc2ncc(N3CCC(C)(C)CC3)cn2)nc(NS(=O)(=O)c2cccc(C(=O)O)c2)n1. The van der Waals surface area contributed by atoms with Gasteiger partial charge in [-0.2, -0.15) is 4.98 Å². The van der Waals surface area contributed by atoms with Gasteiger partial charge in [0, 0.05) is 30.8 Å². The standard InChI is InChI=1S/C38H47N7O5S/c1-25-7-5-8-26(2)35(25)32-20-34(43-37(42-32)44-51(48,49)31-10-6-9-28(19-31)36(46)47)50-24-29(14-13-27-11-12-27)39-23-33-40-21-30(22-41-33)45-17-15-38(3,4)16-18-45/h5-10,19-22,27,29,39H,11-18,23-24H2,1-4H3,(H,46,47)(H,42,43,44). The van der Waals surface area contributed by atoms with Crippen molar-refractivity contribution in [2.24, 2.45) is 11.3 Å². The molecule has 3 N–H and O–H groups in total. The number of hydrogen-bond donors (Lipinski definition) is 3. The van der Waals surface area contributed by atoms with Crippen LogP contribution in [0, 0.1) is 25.2 Å². The van der Waals surface area contributed by atoms with Crippen molar-refractivity contribution in [2.75, 3.05) is 29.3 Å². The molecule has 4 aromatic rings. The number of carboxylic acid groups (broad SMARTS) is 1. The Hall–Kier alpha value is -4.62. The molecule has 13 heteroatoms. The maximum atomic E-state index is 13.4. The molecule has 1 saturated carbocycles. The Labute approximate surface area is 300 Å². The summed E-state index contributed by atoms with van der Waals surface area (Å²) in [4.78, 5) is 32.0. The van der Waals surface area contributed by atoms with Gasteiger partial charge in [0.1, 0.15) is 12.4 Å². The maximum Gasteiger partial charge on any atom is 0.335 e. The number of aryl methyl sites for hydroxylation is 2. The van der Waals surface area contributed by atoms with E-state index in [2.05, 4.69) is 48.7 Å². The summed E-state index contributed by atoms with van der Waals surface area (Å²) in [5, 5.41) is 13.0. The minimum atomic E-state index is -4.23. The van der Waals surface area contributed by atoms with Crippen molar-refractivity contribution in [1.29, 1.82) is 0 Å². The van der Waals surface area contributed by atoms with Gasteiger partial charge in [-0.05, 0) is 80.2 Å². The average molecular weight is 714 g/mol. The number of benzene rings is 2. The summed E-state index contributed by atoms with van der Waals surface area (Å²) in [6.45, 7) is 11.3. The Balaban J connectivity index is 1.19. The molecule has 1 aliphatic heterocycles. The highest BCUT2D eigenvalue weighted by molar-refractivity contribution is 7.92. The zero-order valence-corrected chi connectivity index (χ0v) is 30.5. The fraction of sp³-hybridized carbons (Fsp3) is 0.447. The van der Waals surface area contributed by atoms with Crippen LogP contribution < -0.4 is 19.7 Å². The second-order valence-corrected chi connectivity index (χ2v) is 16.2. The lowest BCUT2D eigenvalue weighted by molar-refractivity contribution is 0.0696. The largest absolute Gasteiger partial charge is 0.478 e. The van der Waals surface area contributed by atoms with E-state index in [-0.39, 0.29) is 34.9 Å². The zero-order chi connectivity index (χ0) is 36.2. The molecule has 0 bridgehead atoms. The van der Waals surface area contributed by atoms with Crippen LogP contribution >= 0.6 is 0 Å². The molecule has 0 amide bonds. The number of carbonyl (C=O) groups is 1. The highest BCUT2D eigenvalue weighted by atomic mass is 32.2. The number of anilines is 2. The van der Waals surface area contributed by atoms with E-state index in [1.54, 1.807) is 6.07 Å². The van der Waals surface area contributed by atoms with E-state index in [9.17, 15) is 18.3 Å². The van der Waals surface area contributed by atoms with E-state index >= 15 is 0 Å². The van der Waals surface area contributed by atoms with Gasteiger partial charge in [0.2, 0.25) is 11.8 Å². The second-order valence-electron chi connectivity index (χ2n) is 14.5. The minimum absolute atomic E-state index is 0.0317. The van der Waals surface area contributed by atoms with Crippen molar-refractivity contribution in [3.8, 4) is 17.1 Å². The minimum Gasteiger partial charge on any atom is -0.478 e. The Morgan fingerprint density at radius 1 is 1.02 bits per heavy atom. The molecule has 2 fully saturated rings. The summed E-state index contributed by atoms with van der Waals surface area (Å²) in [5.41, 5.74) is 4.54. The van der Waals surface area contributed by atoms with Crippen molar-refractivity contribution in [3.05, 3.63) is 83.4 Å². The molecule has 51 heavy (non-hydrogen) atoms. The Morgan fingerprint density at radius 3 is 2.37 bits per heavy atom. The van der Waals surface area contributed by atoms with Crippen molar-refractivity contribution >= 4 is 27.6 Å². The third-order valence-corrected chi connectivity index (χ3v) is 11.2. The summed E-state index contributed by atoms with van der Waals surface area (Å²) in [6, 6.07) is 12.7. The van der Waals surface area contributed by atoms with Gasteiger partial charge in [-0.3, -0.25) is 0 Å². The molecule has 1 unspecified atom stereocenters. The van der Waals surface area contributed by atoms with Gasteiger partial charge in [0.25, 0.3) is 10.0 Å². The lowest BCUT2D eigenvalue weighted by Crippen LogP contribution is -2.37. The highest BCUT2D eigenvalue weighted by Gasteiger charge is 2.26. The fourth-order valence-electron chi connectivity index (χ4n) is 6.35. The smallest absolute Gasteiger partial charge is 0.335 e. The first-order chi connectivity index (χ1) is 24.3. The van der Waals surface area contributed by atoms with Crippen molar-refractivity contribution in [1.82, 2.24) is 25.3 Å². The molecule has 1 saturated heterocycles. The third-order valence-electron chi connectivity index (χ3n) is 9.83. The number of piperidine rings is 1. The zero-order valence-electron chi connectivity index (χ0n) is 29.7. The van der Waals surface area contributed by atoms with Gasteiger partial charge in [-0.15, -0.1) is 0 Å². The molecule has 1 atom stereocenters. The van der Waals surface area contributed by atoms with Crippen LogP contribution in [0.15, 0.2) is 65.8 Å². The average Bonchev–Trinajstić information content (AvgIpc) is 3.93. The molecule has 0 spiro atoms.